The molecule has 0 spiro atoms. The first kappa shape index (κ1) is 13.5. The highest BCUT2D eigenvalue weighted by molar-refractivity contribution is 5.72. The van der Waals surface area contributed by atoms with E-state index in [9.17, 15) is 9.90 Å². The monoisotopic (exact) mass is 265 g/mol. The van der Waals surface area contributed by atoms with Crippen molar-refractivity contribution in [2.45, 2.75) is 31.8 Å². The van der Waals surface area contributed by atoms with Gasteiger partial charge in [0.25, 0.3) is 0 Å². The van der Waals surface area contributed by atoms with Gasteiger partial charge >= 0.3 is 0 Å². The molecule has 1 saturated carbocycles. The van der Waals surface area contributed by atoms with Crippen molar-refractivity contribution in [3.63, 3.8) is 0 Å². The van der Waals surface area contributed by atoms with Gasteiger partial charge in [-0.15, -0.1) is 0 Å². The normalized spacial score (nSPS) is 21.6. The zero-order chi connectivity index (χ0) is 13.8. The van der Waals surface area contributed by atoms with E-state index in [1.54, 1.807) is 0 Å². The molecule has 0 aromatic carbocycles. The zero-order valence-electron chi connectivity index (χ0n) is 10.9. The molecule has 0 bridgehead atoms. The van der Waals surface area contributed by atoms with E-state index >= 15 is 0 Å². The number of carbonyl (C=O) groups excluding carboxylic acids is 1. The number of nitrogens with two attached hydrogens (primary N) is 1. The van der Waals surface area contributed by atoms with Crippen LogP contribution in [0.5, 0.6) is 0 Å². The second kappa shape index (κ2) is 5.83. The Kier molecular flexibility index (Phi) is 4.16. The Morgan fingerprint density at radius 3 is 2.84 bits per heavy atom. The van der Waals surface area contributed by atoms with Crippen molar-refractivity contribution in [1.82, 2.24) is 15.3 Å². The van der Waals surface area contributed by atoms with E-state index in [2.05, 4.69) is 20.6 Å². The third-order valence-electron chi connectivity index (χ3n) is 3.10. The Labute approximate surface area is 111 Å². The first-order chi connectivity index (χ1) is 9.04. The van der Waals surface area contributed by atoms with Crippen molar-refractivity contribution in [2.75, 3.05) is 24.1 Å². The first-order valence-electron chi connectivity index (χ1n) is 6.35. The van der Waals surface area contributed by atoms with Gasteiger partial charge in [-0.3, -0.25) is 4.79 Å². The maximum atomic E-state index is 10.7. The summed E-state index contributed by atoms with van der Waals surface area (Å²) in [5, 5.41) is 15.1. The molecule has 7 heteroatoms. The number of hydrogen-bond acceptors (Lipinski definition) is 6. The van der Waals surface area contributed by atoms with Gasteiger partial charge in [0.15, 0.2) is 0 Å². The molecule has 0 atom stereocenters. The lowest BCUT2D eigenvalue weighted by molar-refractivity contribution is -0.118. The summed E-state index contributed by atoms with van der Waals surface area (Å²) in [4.78, 5) is 19.0. The molecule has 0 radical (unpaired) electrons. The minimum Gasteiger partial charge on any atom is -0.393 e. The number of aliphatic hydroxyl groups excluding tert-OH is 1. The zero-order valence-corrected chi connectivity index (χ0v) is 10.9. The fraction of sp³-hybridized carbons (Fsp3) is 0.583. The molecule has 104 valence electrons. The summed E-state index contributed by atoms with van der Waals surface area (Å²) in [7, 11) is 0. The fourth-order valence-electron chi connectivity index (χ4n) is 2.04. The fourth-order valence-corrected chi connectivity index (χ4v) is 2.04. The predicted octanol–water partition coefficient (Wildman–Crippen LogP) is -0.155. The van der Waals surface area contributed by atoms with Crippen LogP contribution in [0, 0.1) is 0 Å². The Hall–Kier alpha value is -1.89. The Morgan fingerprint density at radius 2 is 2.21 bits per heavy atom. The molecule has 19 heavy (non-hydrogen) atoms. The number of hydrogen-bond donors (Lipinski definition) is 4. The largest absolute Gasteiger partial charge is 0.393 e. The van der Waals surface area contributed by atoms with Crippen molar-refractivity contribution in [1.29, 1.82) is 0 Å². The van der Waals surface area contributed by atoms with E-state index in [4.69, 9.17) is 5.73 Å². The van der Waals surface area contributed by atoms with Crippen molar-refractivity contribution >= 4 is 17.7 Å². The number of aliphatic hydroxyl groups is 1. The van der Waals surface area contributed by atoms with Crippen LogP contribution in [0.4, 0.5) is 11.8 Å². The summed E-state index contributed by atoms with van der Waals surface area (Å²) >= 11 is 0. The number of aromatic nitrogens is 2. The van der Waals surface area contributed by atoms with E-state index < -0.39 is 0 Å². The van der Waals surface area contributed by atoms with Gasteiger partial charge in [-0.05, 0) is 12.8 Å². The van der Waals surface area contributed by atoms with E-state index in [1.165, 1.54) is 6.92 Å². The lowest BCUT2D eigenvalue weighted by Gasteiger charge is -2.30. The standard InChI is InChI=1S/C12H19N5O2/c1-7(18)14-2-3-15-11-6-10(16-12(13)17-11)8-4-9(19)5-8/h6,8-9,19H,2-5H2,1H3,(H,14,18)(H3,13,15,16,17). The van der Waals surface area contributed by atoms with Crippen LogP contribution in [0.1, 0.15) is 31.4 Å². The lowest BCUT2D eigenvalue weighted by atomic mass is 9.80. The maximum Gasteiger partial charge on any atom is 0.222 e. The van der Waals surface area contributed by atoms with Gasteiger partial charge in [-0.25, -0.2) is 4.98 Å². The molecule has 0 aliphatic heterocycles. The van der Waals surface area contributed by atoms with Gasteiger partial charge in [0.2, 0.25) is 11.9 Å². The second-order valence-electron chi connectivity index (χ2n) is 4.77. The molecule has 1 aromatic heterocycles. The van der Waals surface area contributed by atoms with Crippen molar-refractivity contribution in [3.8, 4) is 0 Å². The molecule has 2 rings (SSSR count). The molecule has 1 aromatic rings. The quantitative estimate of drug-likeness (QED) is 0.550. The van der Waals surface area contributed by atoms with E-state index in [1.807, 2.05) is 6.07 Å². The van der Waals surface area contributed by atoms with Crippen LogP contribution in [0.3, 0.4) is 0 Å². The molecule has 7 nitrogen and oxygen atoms in total. The third-order valence-corrected chi connectivity index (χ3v) is 3.10. The van der Waals surface area contributed by atoms with Crippen LogP contribution in [-0.4, -0.2) is 40.2 Å². The summed E-state index contributed by atoms with van der Waals surface area (Å²) in [6, 6.07) is 1.85. The average molecular weight is 265 g/mol. The maximum absolute atomic E-state index is 10.7. The van der Waals surface area contributed by atoms with Gasteiger partial charge in [0, 0.05) is 32.0 Å². The van der Waals surface area contributed by atoms with Crippen molar-refractivity contribution in [3.05, 3.63) is 11.8 Å². The van der Waals surface area contributed by atoms with Crippen molar-refractivity contribution in [2.24, 2.45) is 0 Å². The highest BCUT2D eigenvalue weighted by Crippen LogP contribution is 2.36. The summed E-state index contributed by atoms with van der Waals surface area (Å²) in [5.41, 5.74) is 6.53. The van der Waals surface area contributed by atoms with E-state index in [0.717, 1.165) is 18.5 Å². The van der Waals surface area contributed by atoms with Crippen LogP contribution < -0.4 is 16.4 Å². The van der Waals surface area contributed by atoms with Gasteiger partial charge in [-0.2, -0.15) is 4.98 Å². The van der Waals surface area contributed by atoms with Crippen LogP contribution >= 0.6 is 0 Å². The SMILES string of the molecule is CC(=O)NCCNc1cc(C2CC(O)C2)nc(N)n1. The van der Waals surface area contributed by atoms with Gasteiger partial charge < -0.3 is 21.5 Å². The summed E-state index contributed by atoms with van der Waals surface area (Å²) < 4.78 is 0. The molecule has 1 aliphatic carbocycles. The Balaban J connectivity index is 1.91. The number of nitrogens with zero attached hydrogens (tertiary/aromatic N) is 2. The molecule has 1 aliphatic rings. The summed E-state index contributed by atoms with van der Waals surface area (Å²) in [5.74, 6) is 1.07. The number of amides is 1. The first-order valence-corrected chi connectivity index (χ1v) is 6.35. The van der Waals surface area contributed by atoms with Gasteiger partial charge in [0.1, 0.15) is 5.82 Å². The number of anilines is 2. The number of nitrogens with one attached hydrogen (secondary N) is 2. The van der Waals surface area contributed by atoms with Gasteiger partial charge in [-0.1, -0.05) is 0 Å². The number of carbonyl (C=O) groups is 1. The lowest BCUT2D eigenvalue weighted by Crippen LogP contribution is -2.28. The second-order valence-corrected chi connectivity index (χ2v) is 4.77. The van der Waals surface area contributed by atoms with E-state index in [-0.39, 0.29) is 23.9 Å². The predicted molar refractivity (Wildman–Crippen MR) is 71.6 cm³/mol. The Bertz CT molecular complexity index is 459. The minimum atomic E-state index is -0.225. The minimum absolute atomic E-state index is 0.0619. The third kappa shape index (κ3) is 3.78. The van der Waals surface area contributed by atoms with Crippen LogP contribution in [-0.2, 0) is 4.79 Å². The molecule has 0 unspecified atom stereocenters. The van der Waals surface area contributed by atoms with Crippen molar-refractivity contribution < 1.29 is 9.90 Å². The number of nitrogen functional groups attached to an aromatic ring is 1. The average Bonchev–Trinajstić information content (AvgIpc) is 2.30. The van der Waals surface area contributed by atoms with Crippen LogP contribution in [0.25, 0.3) is 0 Å². The smallest absolute Gasteiger partial charge is 0.222 e. The molecule has 1 fully saturated rings. The molecule has 5 N–H and O–H groups in total. The molecule has 0 saturated heterocycles. The molecular formula is C12H19N5O2. The number of rotatable bonds is 5. The molecule has 1 heterocycles. The summed E-state index contributed by atoms with van der Waals surface area (Å²) in [6.07, 6.45) is 1.22. The van der Waals surface area contributed by atoms with E-state index in [0.29, 0.717) is 18.9 Å². The topological polar surface area (TPSA) is 113 Å². The highest BCUT2D eigenvalue weighted by Gasteiger charge is 2.30. The van der Waals surface area contributed by atoms with Gasteiger partial charge in [0.05, 0.1) is 11.8 Å². The Morgan fingerprint density at radius 1 is 1.47 bits per heavy atom. The molecular weight excluding hydrogens is 246 g/mol. The van der Waals surface area contributed by atoms with Crippen LogP contribution in [0.15, 0.2) is 6.07 Å². The summed E-state index contributed by atoms with van der Waals surface area (Å²) in [6.45, 7) is 2.57. The van der Waals surface area contributed by atoms with Crippen LogP contribution in [0.2, 0.25) is 0 Å². The molecule has 1 amide bonds. The highest BCUT2D eigenvalue weighted by atomic mass is 16.3.